The Balaban J connectivity index is 1.39. The molecule has 2 aromatic carbocycles. The predicted octanol–water partition coefficient (Wildman–Crippen LogP) is 3.96. The van der Waals surface area contributed by atoms with Crippen LogP contribution in [0.4, 0.5) is 5.82 Å². The van der Waals surface area contributed by atoms with Gasteiger partial charge in [0.25, 0.3) is 0 Å². The van der Waals surface area contributed by atoms with Crippen molar-refractivity contribution in [3.05, 3.63) is 72.4 Å². The number of likely N-dealkylation sites (N-methyl/N-ethyl adjacent to an activating group) is 1. The Hall–Kier alpha value is -3.38. The molecule has 0 bridgehead atoms. The Kier molecular flexibility index (Phi) is 5.07. The molecule has 2 aromatic heterocycles. The lowest BCUT2D eigenvalue weighted by molar-refractivity contribution is 0.306. The summed E-state index contributed by atoms with van der Waals surface area (Å²) in [6, 6.07) is 20.3. The maximum absolute atomic E-state index is 5.91. The number of ether oxygens (including phenoxy) is 1. The number of hydrogen-bond acceptors (Lipinski definition) is 5. The van der Waals surface area contributed by atoms with E-state index in [1.54, 1.807) is 0 Å². The number of anilines is 1. The van der Waals surface area contributed by atoms with Gasteiger partial charge in [-0.15, -0.1) is 0 Å². The van der Waals surface area contributed by atoms with Crippen LogP contribution in [0.2, 0.25) is 0 Å². The highest BCUT2D eigenvalue weighted by Gasteiger charge is 2.20. The third-order valence-electron chi connectivity index (χ3n) is 5.56. The molecule has 6 nitrogen and oxygen atoms in total. The minimum absolute atomic E-state index is 0.554. The SMILES string of the molecule is CN1CCN(c2nc(-c3ccc(OCc4ccccc4)cc3)nc3[nH]ccc23)CC1. The van der Waals surface area contributed by atoms with Crippen LogP contribution in [0.5, 0.6) is 5.75 Å². The summed E-state index contributed by atoms with van der Waals surface area (Å²) >= 11 is 0. The Morgan fingerprint density at radius 1 is 0.900 bits per heavy atom. The van der Waals surface area contributed by atoms with Crippen LogP contribution in [0.3, 0.4) is 0 Å². The lowest BCUT2D eigenvalue weighted by Gasteiger charge is -2.33. The van der Waals surface area contributed by atoms with Crippen molar-refractivity contribution in [1.82, 2.24) is 19.9 Å². The molecule has 0 aliphatic carbocycles. The van der Waals surface area contributed by atoms with Gasteiger partial charge in [-0.05, 0) is 42.9 Å². The summed E-state index contributed by atoms with van der Waals surface area (Å²) in [6.07, 6.45) is 1.93. The molecule has 0 atom stereocenters. The first-order valence-electron chi connectivity index (χ1n) is 10.3. The van der Waals surface area contributed by atoms with Crippen molar-refractivity contribution in [3.63, 3.8) is 0 Å². The molecule has 5 rings (SSSR count). The predicted molar refractivity (Wildman–Crippen MR) is 120 cm³/mol. The maximum Gasteiger partial charge on any atom is 0.163 e. The summed E-state index contributed by atoms with van der Waals surface area (Å²) in [4.78, 5) is 17.7. The Bertz CT molecular complexity index is 1120. The van der Waals surface area contributed by atoms with Crippen LogP contribution in [0.1, 0.15) is 5.56 Å². The van der Waals surface area contributed by atoms with Crippen LogP contribution in [0.25, 0.3) is 22.4 Å². The number of aromatic amines is 1. The van der Waals surface area contributed by atoms with Crippen molar-refractivity contribution in [2.75, 3.05) is 38.1 Å². The smallest absolute Gasteiger partial charge is 0.163 e. The van der Waals surface area contributed by atoms with Crippen molar-refractivity contribution in [1.29, 1.82) is 0 Å². The molecule has 0 saturated carbocycles. The maximum atomic E-state index is 5.91. The average Bonchev–Trinajstić information content (AvgIpc) is 3.28. The van der Waals surface area contributed by atoms with Crippen molar-refractivity contribution < 1.29 is 4.74 Å². The van der Waals surface area contributed by atoms with Gasteiger partial charge in [0.05, 0.1) is 5.39 Å². The van der Waals surface area contributed by atoms with Crippen LogP contribution < -0.4 is 9.64 Å². The second kappa shape index (κ2) is 8.16. The van der Waals surface area contributed by atoms with Crippen LogP contribution in [0.15, 0.2) is 66.9 Å². The molecule has 3 heterocycles. The van der Waals surface area contributed by atoms with E-state index in [-0.39, 0.29) is 0 Å². The number of piperazine rings is 1. The topological polar surface area (TPSA) is 57.3 Å². The summed E-state index contributed by atoms with van der Waals surface area (Å²) in [7, 11) is 2.16. The summed E-state index contributed by atoms with van der Waals surface area (Å²) in [5.41, 5.74) is 3.01. The first kappa shape index (κ1) is 18.6. The molecule has 1 saturated heterocycles. The molecule has 1 aliphatic heterocycles. The Morgan fingerprint density at radius 3 is 2.43 bits per heavy atom. The van der Waals surface area contributed by atoms with Crippen LogP contribution in [-0.4, -0.2) is 53.1 Å². The minimum Gasteiger partial charge on any atom is -0.489 e. The molecule has 0 radical (unpaired) electrons. The van der Waals surface area contributed by atoms with E-state index in [0.717, 1.165) is 65.7 Å². The second-order valence-electron chi connectivity index (χ2n) is 7.70. The van der Waals surface area contributed by atoms with Gasteiger partial charge >= 0.3 is 0 Å². The van der Waals surface area contributed by atoms with Crippen molar-refractivity contribution in [2.45, 2.75) is 6.61 Å². The molecular weight excluding hydrogens is 374 g/mol. The van der Waals surface area contributed by atoms with Gasteiger partial charge in [0.15, 0.2) is 5.82 Å². The zero-order chi connectivity index (χ0) is 20.3. The molecule has 0 unspecified atom stereocenters. The van der Waals surface area contributed by atoms with Gasteiger partial charge in [-0.2, -0.15) is 0 Å². The molecule has 4 aromatic rings. The largest absolute Gasteiger partial charge is 0.489 e. The van der Waals surface area contributed by atoms with E-state index in [2.05, 4.69) is 40.0 Å². The molecular formula is C24H25N5O. The molecule has 6 heteroatoms. The first-order chi connectivity index (χ1) is 14.8. The number of nitrogens with zero attached hydrogens (tertiary/aromatic N) is 4. The van der Waals surface area contributed by atoms with E-state index in [0.29, 0.717) is 6.61 Å². The second-order valence-corrected chi connectivity index (χ2v) is 7.70. The quantitative estimate of drug-likeness (QED) is 0.551. The highest BCUT2D eigenvalue weighted by Crippen LogP contribution is 2.28. The van der Waals surface area contributed by atoms with E-state index in [4.69, 9.17) is 14.7 Å². The van der Waals surface area contributed by atoms with Gasteiger partial charge in [-0.3, -0.25) is 0 Å². The number of rotatable bonds is 5. The standard InChI is InChI=1S/C24H25N5O/c1-28-13-15-29(16-14-28)24-21-11-12-25-23(21)26-22(27-24)19-7-9-20(10-8-19)30-17-18-5-3-2-4-6-18/h2-12H,13-17H2,1H3,(H,25,26,27). The number of nitrogens with one attached hydrogen (secondary N) is 1. The fraction of sp³-hybridized carbons (Fsp3) is 0.250. The number of benzene rings is 2. The monoisotopic (exact) mass is 399 g/mol. The van der Waals surface area contributed by atoms with Gasteiger partial charge < -0.3 is 19.5 Å². The fourth-order valence-corrected chi connectivity index (χ4v) is 3.75. The molecule has 0 spiro atoms. The fourth-order valence-electron chi connectivity index (χ4n) is 3.75. The molecule has 1 fully saturated rings. The highest BCUT2D eigenvalue weighted by atomic mass is 16.5. The normalized spacial score (nSPS) is 14.9. The number of H-pyrrole nitrogens is 1. The molecule has 152 valence electrons. The van der Waals surface area contributed by atoms with E-state index < -0.39 is 0 Å². The molecule has 0 amide bonds. The summed E-state index contributed by atoms with van der Waals surface area (Å²) < 4.78 is 5.91. The van der Waals surface area contributed by atoms with Crippen LogP contribution >= 0.6 is 0 Å². The Morgan fingerprint density at radius 2 is 1.67 bits per heavy atom. The van der Waals surface area contributed by atoms with Crippen molar-refractivity contribution >= 4 is 16.9 Å². The van der Waals surface area contributed by atoms with Gasteiger partial charge in [0.1, 0.15) is 23.8 Å². The van der Waals surface area contributed by atoms with E-state index in [1.165, 1.54) is 0 Å². The summed E-state index contributed by atoms with van der Waals surface area (Å²) in [5, 5.41) is 1.08. The van der Waals surface area contributed by atoms with E-state index in [1.807, 2.05) is 48.7 Å². The average molecular weight is 399 g/mol. The summed E-state index contributed by atoms with van der Waals surface area (Å²) in [6.45, 7) is 4.58. The highest BCUT2D eigenvalue weighted by molar-refractivity contribution is 5.89. The molecule has 30 heavy (non-hydrogen) atoms. The summed E-state index contributed by atoms with van der Waals surface area (Å²) in [5.74, 6) is 2.57. The number of fused-ring (bicyclic) bond motifs is 1. The first-order valence-corrected chi connectivity index (χ1v) is 10.3. The van der Waals surface area contributed by atoms with Crippen molar-refractivity contribution in [2.24, 2.45) is 0 Å². The van der Waals surface area contributed by atoms with E-state index in [9.17, 15) is 0 Å². The molecule has 1 aliphatic rings. The number of aromatic nitrogens is 3. The van der Waals surface area contributed by atoms with Crippen LogP contribution in [-0.2, 0) is 6.61 Å². The zero-order valence-corrected chi connectivity index (χ0v) is 17.1. The van der Waals surface area contributed by atoms with Gasteiger partial charge in [0.2, 0.25) is 0 Å². The van der Waals surface area contributed by atoms with Crippen molar-refractivity contribution in [3.8, 4) is 17.1 Å². The molecule has 1 N–H and O–H groups in total. The zero-order valence-electron chi connectivity index (χ0n) is 17.1. The number of hydrogen-bond donors (Lipinski definition) is 1. The van der Waals surface area contributed by atoms with Gasteiger partial charge in [-0.1, -0.05) is 30.3 Å². The van der Waals surface area contributed by atoms with E-state index >= 15 is 0 Å². The Labute approximate surface area is 176 Å². The van der Waals surface area contributed by atoms with Gasteiger partial charge in [0, 0.05) is 37.9 Å². The third-order valence-corrected chi connectivity index (χ3v) is 5.56. The van der Waals surface area contributed by atoms with Crippen LogP contribution in [0, 0.1) is 0 Å². The minimum atomic E-state index is 0.554. The van der Waals surface area contributed by atoms with Gasteiger partial charge in [-0.25, -0.2) is 9.97 Å². The lowest BCUT2D eigenvalue weighted by atomic mass is 10.2. The lowest BCUT2D eigenvalue weighted by Crippen LogP contribution is -2.44. The third kappa shape index (κ3) is 3.86.